The third-order valence-corrected chi connectivity index (χ3v) is 2.19. The summed E-state index contributed by atoms with van der Waals surface area (Å²) in [5.74, 6) is 0.947. The van der Waals surface area contributed by atoms with Gasteiger partial charge in [0.25, 0.3) is 0 Å². The Labute approximate surface area is 96.3 Å². The molecular weight excluding hydrogens is 204 g/mol. The first-order valence-electron chi connectivity index (χ1n) is 5.32. The minimum atomic E-state index is -0.164. The van der Waals surface area contributed by atoms with E-state index in [9.17, 15) is 5.11 Å². The largest absolute Gasteiger partial charge is 0.479 e. The van der Waals surface area contributed by atoms with Crippen molar-refractivity contribution in [1.29, 1.82) is 0 Å². The van der Waals surface area contributed by atoms with E-state index in [4.69, 9.17) is 9.47 Å². The van der Waals surface area contributed by atoms with Gasteiger partial charge in [0, 0.05) is 6.92 Å². The van der Waals surface area contributed by atoms with E-state index in [0.717, 1.165) is 16.9 Å². The number of aliphatic hydroxyl groups excluding tert-OH is 1. The van der Waals surface area contributed by atoms with Crippen LogP contribution in [0.15, 0.2) is 29.9 Å². The molecule has 0 atom stereocenters. The first kappa shape index (κ1) is 12.4. The van der Waals surface area contributed by atoms with Crippen molar-refractivity contribution >= 4 is 0 Å². The van der Waals surface area contributed by atoms with Gasteiger partial charge in [-0.3, -0.25) is 0 Å². The Morgan fingerprint density at radius 3 is 2.62 bits per heavy atom. The van der Waals surface area contributed by atoms with Gasteiger partial charge in [0.05, 0.1) is 6.61 Å². The van der Waals surface area contributed by atoms with Gasteiger partial charge in [-0.2, -0.15) is 0 Å². The fourth-order valence-electron chi connectivity index (χ4n) is 1.26. The minimum absolute atomic E-state index is 0.164. The van der Waals surface area contributed by atoms with Crippen LogP contribution in [0.5, 0.6) is 5.75 Å². The average Bonchev–Trinajstić information content (AvgIpc) is 2.23. The molecule has 0 saturated heterocycles. The molecule has 1 N–H and O–H groups in total. The number of benzene rings is 1. The minimum Gasteiger partial charge on any atom is -0.479 e. The molecule has 0 aliphatic rings. The summed E-state index contributed by atoms with van der Waals surface area (Å²) in [7, 11) is 0. The Balaban J connectivity index is 2.87. The van der Waals surface area contributed by atoms with E-state index in [1.165, 1.54) is 0 Å². The Hall–Kier alpha value is -1.64. The molecule has 88 valence electrons. The van der Waals surface area contributed by atoms with Crippen molar-refractivity contribution in [2.24, 2.45) is 0 Å². The summed E-state index contributed by atoms with van der Waals surface area (Å²) in [6.45, 7) is 7.85. The summed E-state index contributed by atoms with van der Waals surface area (Å²) < 4.78 is 10.5. The van der Waals surface area contributed by atoms with Gasteiger partial charge in [-0.05, 0) is 38.0 Å². The molecule has 1 aromatic rings. The fraction of sp³-hybridized carbons (Fsp3) is 0.385. The van der Waals surface area contributed by atoms with Crippen LogP contribution >= 0.6 is 0 Å². The topological polar surface area (TPSA) is 38.7 Å². The highest BCUT2D eigenvalue weighted by atomic mass is 16.6. The maximum absolute atomic E-state index is 9.47. The van der Waals surface area contributed by atoms with Crippen LogP contribution in [-0.2, 0) is 4.74 Å². The zero-order chi connectivity index (χ0) is 12.1. The first-order chi connectivity index (χ1) is 7.54. The number of hydrogen-bond donors (Lipinski definition) is 1. The summed E-state index contributed by atoms with van der Waals surface area (Å²) in [4.78, 5) is 0. The van der Waals surface area contributed by atoms with Crippen LogP contribution in [-0.4, -0.2) is 11.7 Å². The summed E-state index contributed by atoms with van der Waals surface area (Å²) in [6, 6.07) is 5.93. The Morgan fingerprint density at radius 1 is 1.31 bits per heavy atom. The zero-order valence-electron chi connectivity index (χ0n) is 10.2. The Morgan fingerprint density at radius 2 is 2.00 bits per heavy atom. The predicted octanol–water partition coefficient (Wildman–Crippen LogP) is 3.47. The second-order valence-corrected chi connectivity index (χ2v) is 3.67. The molecule has 3 nitrogen and oxygen atoms in total. The number of hydrogen-bond acceptors (Lipinski definition) is 3. The molecule has 1 rings (SSSR count). The third-order valence-electron chi connectivity index (χ3n) is 2.19. The molecule has 0 saturated carbocycles. The van der Waals surface area contributed by atoms with Gasteiger partial charge in [-0.25, -0.2) is 0 Å². The van der Waals surface area contributed by atoms with Crippen LogP contribution in [0.4, 0.5) is 0 Å². The highest BCUT2D eigenvalue weighted by Gasteiger charge is 2.06. The van der Waals surface area contributed by atoms with Crippen molar-refractivity contribution in [3.8, 4) is 5.75 Å². The van der Waals surface area contributed by atoms with Gasteiger partial charge in [-0.1, -0.05) is 12.1 Å². The lowest BCUT2D eigenvalue weighted by atomic mass is 10.1. The highest BCUT2D eigenvalue weighted by molar-refractivity contribution is 5.37. The molecule has 0 aromatic heterocycles. The lowest BCUT2D eigenvalue weighted by Crippen LogP contribution is -2.01. The number of allylic oxidation sites excluding steroid dienone is 1. The molecule has 0 spiro atoms. The van der Waals surface area contributed by atoms with Crippen LogP contribution in [0.3, 0.4) is 0 Å². The second-order valence-electron chi connectivity index (χ2n) is 3.67. The van der Waals surface area contributed by atoms with Crippen LogP contribution in [0, 0.1) is 13.8 Å². The van der Waals surface area contributed by atoms with E-state index in [-0.39, 0.29) is 5.95 Å². The number of aryl methyl sites for hydroxylation is 2. The number of aliphatic hydroxyl groups is 1. The first-order valence-corrected chi connectivity index (χ1v) is 5.32. The lowest BCUT2D eigenvalue weighted by Gasteiger charge is -2.11. The molecule has 0 amide bonds. The quantitative estimate of drug-likeness (QED) is 0.793. The molecule has 0 heterocycles. The van der Waals surface area contributed by atoms with Gasteiger partial charge in [0.15, 0.2) is 5.76 Å². The maximum atomic E-state index is 9.47. The van der Waals surface area contributed by atoms with Crippen molar-refractivity contribution in [3.63, 3.8) is 0 Å². The van der Waals surface area contributed by atoms with Gasteiger partial charge in [-0.15, -0.1) is 0 Å². The summed E-state index contributed by atoms with van der Waals surface area (Å²) in [5.41, 5.74) is 2.14. The molecule has 1 aromatic carbocycles. The normalized spacial score (nSPS) is 12.0. The SMILES string of the molecule is CCO/C(O)=C(/C)Oc1cc(C)ccc1C. The molecule has 0 aliphatic carbocycles. The molecular formula is C13H18O3. The predicted molar refractivity (Wildman–Crippen MR) is 63.5 cm³/mol. The number of ether oxygens (including phenoxy) is 2. The van der Waals surface area contributed by atoms with Crippen molar-refractivity contribution in [2.45, 2.75) is 27.7 Å². The van der Waals surface area contributed by atoms with Gasteiger partial charge in [0.2, 0.25) is 0 Å². The van der Waals surface area contributed by atoms with Crippen molar-refractivity contribution in [3.05, 3.63) is 41.0 Å². The van der Waals surface area contributed by atoms with Crippen LogP contribution in [0.25, 0.3) is 0 Å². The summed E-state index contributed by atoms with van der Waals surface area (Å²) >= 11 is 0. The van der Waals surface area contributed by atoms with Crippen LogP contribution in [0.1, 0.15) is 25.0 Å². The molecule has 0 fully saturated rings. The van der Waals surface area contributed by atoms with Crippen molar-refractivity contribution in [1.82, 2.24) is 0 Å². The van der Waals surface area contributed by atoms with Crippen LogP contribution < -0.4 is 4.74 Å². The van der Waals surface area contributed by atoms with Gasteiger partial charge >= 0.3 is 5.95 Å². The van der Waals surface area contributed by atoms with Gasteiger partial charge in [0.1, 0.15) is 5.75 Å². The molecule has 3 heteroatoms. The summed E-state index contributed by atoms with van der Waals surface area (Å²) in [6.07, 6.45) is 0. The smallest absolute Gasteiger partial charge is 0.316 e. The zero-order valence-corrected chi connectivity index (χ0v) is 10.2. The third kappa shape index (κ3) is 3.19. The standard InChI is InChI=1S/C13H18O3/c1-5-15-13(14)11(4)16-12-8-9(2)6-7-10(12)3/h6-8,14H,5H2,1-4H3/b13-11-. The Kier molecular flexibility index (Phi) is 4.23. The van der Waals surface area contributed by atoms with E-state index in [0.29, 0.717) is 12.4 Å². The lowest BCUT2D eigenvalue weighted by molar-refractivity contribution is 0.0848. The van der Waals surface area contributed by atoms with E-state index >= 15 is 0 Å². The monoisotopic (exact) mass is 222 g/mol. The molecule has 0 radical (unpaired) electrons. The van der Waals surface area contributed by atoms with E-state index in [1.54, 1.807) is 13.8 Å². The number of rotatable bonds is 4. The summed E-state index contributed by atoms with van der Waals surface area (Å²) in [5, 5.41) is 9.47. The van der Waals surface area contributed by atoms with Crippen LogP contribution in [0.2, 0.25) is 0 Å². The fourth-order valence-corrected chi connectivity index (χ4v) is 1.26. The van der Waals surface area contributed by atoms with Crippen molar-refractivity contribution in [2.75, 3.05) is 6.61 Å². The highest BCUT2D eigenvalue weighted by Crippen LogP contribution is 2.22. The van der Waals surface area contributed by atoms with Crippen molar-refractivity contribution < 1.29 is 14.6 Å². The average molecular weight is 222 g/mol. The molecule has 0 unspecified atom stereocenters. The molecule has 16 heavy (non-hydrogen) atoms. The van der Waals surface area contributed by atoms with E-state index < -0.39 is 0 Å². The van der Waals surface area contributed by atoms with E-state index in [1.807, 2.05) is 32.0 Å². The van der Waals surface area contributed by atoms with E-state index in [2.05, 4.69) is 0 Å². The second kappa shape index (κ2) is 5.45. The Bertz CT molecular complexity index is 394. The molecule has 0 aliphatic heterocycles. The van der Waals surface area contributed by atoms with Gasteiger partial charge < -0.3 is 14.6 Å². The molecule has 0 bridgehead atoms. The maximum Gasteiger partial charge on any atom is 0.316 e.